The fourth-order valence-electron chi connectivity index (χ4n) is 1.96. The number of hydrogen-bond acceptors (Lipinski definition) is 4. The van der Waals surface area contributed by atoms with E-state index in [9.17, 15) is 4.39 Å². The molecule has 0 spiro atoms. The molecule has 23 heavy (non-hydrogen) atoms. The van der Waals surface area contributed by atoms with Crippen LogP contribution < -0.4 is 10.6 Å². The van der Waals surface area contributed by atoms with E-state index in [1.807, 2.05) is 6.07 Å². The number of hydrogen-bond donors (Lipinski definition) is 2. The molecular formula is C15H14FN5OS. The molecule has 0 unspecified atom stereocenters. The molecule has 0 saturated carbocycles. The van der Waals surface area contributed by atoms with Gasteiger partial charge in [0.25, 0.3) is 0 Å². The third kappa shape index (κ3) is 4.13. The molecule has 8 heteroatoms. The van der Waals surface area contributed by atoms with E-state index in [4.69, 9.17) is 16.6 Å². The van der Waals surface area contributed by atoms with Gasteiger partial charge in [-0.1, -0.05) is 18.2 Å². The standard InChI is InChI=1S/C15H14FN5OS/c16-13-6-2-1-4-11(13)9-21-10-18-14(20-21)19-15(23)17-8-12-5-3-7-22-12/h1-7,10H,8-9H2,(H2,17,19,20,23). The molecule has 3 aromatic rings. The van der Waals surface area contributed by atoms with E-state index in [2.05, 4.69) is 20.7 Å². The highest BCUT2D eigenvalue weighted by atomic mass is 32.1. The third-order valence-electron chi connectivity index (χ3n) is 3.06. The zero-order valence-corrected chi connectivity index (χ0v) is 12.9. The lowest BCUT2D eigenvalue weighted by molar-refractivity contribution is 0.503. The summed E-state index contributed by atoms with van der Waals surface area (Å²) >= 11 is 5.16. The fraction of sp³-hybridized carbons (Fsp3) is 0.133. The summed E-state index contributed by atoms with van der Waals surface area (Å²) < 4.78 is 20.3. The van der Waals surface area contributed by atoms with Gasteiger partial charge in [-0.05, 0) is 30.4 Å². The van der Waals surface area contributed by atoms with Crippen LogP contribution in [0.3, 0.4) is 0 Å². The molecule has 6 nitrogen and oxygen atoms in total. The average molecular weight is 331 g/mol. The van der Waals surface area contributed by atoms with Gasteiger partial charge in [-0.25, -0.2) is 14.1 Å². The van der Waals surface area contributed by atoms with Crippen molar-refractivity contribution >= 4 is 23.3 Å². The van der Waals surface area contributed by atoms with E-state index < -0.39 is 0 Å². The topological polar surface area (TPSA) is 67.9 Å². The number of nitrogens with one attached hydrogen (secondary N) is 2. The SMILES string of the molecule is Fc1ccccc1Cn1cnc(NC(=S)NCc2ccco2)n1. The van der Waals surface area contributed by atoms with Gasteiger partial charge in [0, 0.05) is 5.56 Å². The Hall–Kier alpha value is -2.74. The molecular weight excluding hydrogens is 317 g/mol. The Bertz CT molecular complexity index is 787. The Kier molecular flexibility index (Phi) is 4.62. The highest BCUT2D eigenvalue weighted by molar-refractivity contribution is 7.80. The van der Waals surface area contributed by atoms with E-state index >= 15 is 0 Å². The maximum absolute atomic E-state index is 13.6. The first-order chi connectivity index (χ1) is 11.2. The second-order valence-electron chi connectivity index (χ2n) is 4.74. The Balaban J connectivity index is 1.54. The number of thiocarbonyl (C=S) groups is 1. The third-order valence-corrected chi connectivity index (χ3v) is 3.30. The van der Waals surface area contributed by atoms with Crippen molar-refractivity contribution in [2.24, 2.45) is 0 Å². The van der Waals surface area contributed by atoms with Gasteiger partial charge >= 0.3 is 0 Å². The maximum Gasteiger partial charge on any atom is 0.248 e. The molecule has 2 heterocycles. The smallest absolute Gasteiger partial charge is 0.248 e. The number of rotatable bonds is 5. The van der Waals surface area contributed by atoms with Crippen LogP contribution in [0.25, 0.3) is 0 Å². The Morgan fingerprint density at radius 3 is 2.91 bits per heavy atom. The van der Waals surface area contributed by atoms with Crippen LogP contribution in [0.4, 0.5) is 10.3 Å². The zero-order chi connectivity index (χ0) is 16.1. The number of aromatic nitrogens is 3. The van der Waals surface area contributed by atoms with E-state index in [1.165, 1.54) is 17.1 Å². The number of benzene rings is 1. The molecule has 0 radical (unpaired) electrons. The van der Waals surface area contributed by atoms with Crippen molar-refractivity contribution in [2.75, 3.05) is 5.32 Å². The molecule has 0 bridgehead atoms. The molecule has 0 atom stereocenters. The van der Waals surface area contributed by atoms with Crippen molar-refractivity contribution in [2.45, 2.75) is 13.1 Å². The predicted molar refractivity (Wildman–Crippen MR) is 87.3 cm³/mol. The van der Waals surface area contributed by atoms with Crippen LogP contribution in [-0.2, 0) is 13.1 Å². The zero-order valence-electron chi connectivity index (χ0n) is 12.1. The van der Waals surface area contributed by atoms with Gasteiger partial charge in [0.2, 0.25) is 5.95 Å². The molecule has 0 saturated heterocycles. The highest BCUT2D eigenvalue weighted by Gasteiger charge is 2.06. The molecule has 0 aliphatic rings. The summed E-state index contributed by atoms with van der Waals surface area (Å²) in [6.45, 7) is 0.767. The minimum absolute atomic E-state index is 0.270. The fourth-order valence-corrected chi connectivity index (χ4v) is 2.12. The van der Waals surface area contributed by atoms with Crippen LogP contribution in [-0.4, -0.2) is 19.9 Å². The van der Waals surface area contributed by atoms with Crippen LogP contribution in [0.1, 0.15) is 11.3 Å². The van der Waals surface area contributed by atoms with Gasteiger partial charge in [0.15, 0.2) is 5.11 Å². The summed E-state index contributed by atoms with van der Waals surface area (Å²) in [4.78, 5) is 4.09. The Morgan fingerprint density at radius 1 is 1.26 bits per heavy atom. The largest absolute Gasteiger partial charge is 0.467 e. The summed E-state index contributed by atoms with van der Waals surface area (Å²) in [6, 6.07) is 10.2. The van der Waals surface area contributed by atoms with Gasteiger partial charge in [-0.3, -0.25) is 5.32 Å². The van der Waals surface area contributed by atoms with Crippen LogP contribution >= 0.6 is 12.2 Å². The molecule has 2 N–H and O–H groups in total. The lowest BCUT2D eigenvalue weighted by atomic mass is 10.2. The highest BCUT2D eigenvalue weighted by Crippen LogP contribution is 2.08. The quantitative estimate of drug-likeness (QED) is 0.700. The van der Waals surface area contributed by atoms with Crippen LogP contribution in [0.2, 0.25) is 0 Å². The molecule has 0 aliphatic heterocycles. The summed E-state index contributed by atoms with van der Waals surface area (Å²) in [7, 11) is 0. The minimum atomic E-state index is -0.270. The van der Waals surface area contributed by atoms with Crippen molar-refractivity contribution in [3.05, 3.63) is 66.1 Å². The maximum atomic E-state index is 13.6. The van der Waals surface area contributed by atoms with Crippen LogP contribution in [0.5, 0.6) is 0 Å². The summed E-state index contributed by atoms with van der Waals surface area (Å²) in [5.74, 6) is 0.846. The number of nitrogens with zero attached hydrogens (tertiary/aromatic N) is 3. The van der Waals surface area contributed by atoms with Gasteiger partial charge in [0.05, 0.1) is 19.4 Å². The molecule has 1 aromatic carbocycles. The van der Waals surface area contributed by atoms with E-state index in [0.29, 0.717) is 29.7 Å². The predicted octanol–water partition coefficient (Wildman–Crippen LogP) is 2.55. The summed E-state index contributed by atoms with van der Waals surface area (Å²) in [5, 5.41) is 10.4. The monoisotopic (exact) mass is 331 g/mol. The normalized spacial score (nSPS) is 10.5. The summed E-state index contributed by atoms with van der Waals surface area (Å²) in [5.41, 5.74) is 0.544. The molecule has 0 aliphatic carbocycles. The van der Waals surface area contributed by atoms with Crippen molar-refractivity contribution in [3.8, 4) is 0 Å². The first kappa shape index (κ1) is 15.2. The van der Waals surface area contributed by atoms with Gasteiger partial charge in [0.1, 0.15) is 17.9 Å². The lowest BCUT2D eigenvalue weighted by Crippen LogP contribution is -2.28. The molecule has 118 valence electrons. The van der Waals surface area contributed by atoms with Crippen LogP contribution in [0.15, 0.2) is 53.4 Å². The average Bonchev–Trinajstić information content (AvgIpc) is 3.19. The number of furan rings is 1. The lowest BCUT2D eigenvalue weighted by Gasteiger charge is -2.06. The van der Waals surface area contributed by atoms with E-state index in [-0.39, 0.29) is 5.82 Å². The van der Waals surface area contributed by atoms with E-state index in [1.54, 1.807) is 30.5 Å². The van der Waals surface area contributed by atoms with Crippen molar-refractivity contribution in [3.63, 3.8) is 0 Å². The number of anilines is 1. The minimum Gasteiger partial charge on any atom is -0.467 e. The number of halogens is 1. The summed E-state index contributed by atoms with van der Waals surface area (Å²) in [6.07, 6.45) is 3.11. The van der Waals surface area contributed by atoms with Gasteiger partial charge in [-0.15, -0.1) is 5.10 Å². The van der Waals surface area contributed by atoms with Crippen molar-refractivity contribution < 1.29 is 8.81 Å². The first-order valence-electron chi connectivity index (χ1n) is 6.91. The van der Waals surface area contributed by atoms with Gasteiger partial charge < -0.3 is 9.73 Å². The molecule has 0 amide bonds. The van der Waals surface area contributed by atoms with Crippen molar-refractivity contribution in [1.82, 2.24) is 20.1 Å². The Labute approximate surface area is 137 Å². The second kappa shape index (κ2) is 7.01. The van der Waals surface area contributed by atoms with E-state index in [0.717, 1.165) is 5.76 Å². The molecule has 2 aromatic heterocycles. The second-order valence-corrected chi connectivity index (χ2v) is 5.15. The Morgan fingerprint density at radius 2 is 2.13 bits per heavy atom. The van der Waals surface area contributed by atoms with Gasteiger partial charge in [-0.2, -0.15) is 0 Å². The first-order valence-corrected chi connectivity index (χ1v) is 7.31. The molecule has 3 rings (SSSR count). The van der Waals surface area contributed by atoms with Crippen molar-refractivity contribution in [1.29, 1.82) is 0 Å². The van der Waals surface area contributed by atoms with Crippen LogP contribution in [0, 0.1) is 5.82 Å². The molecule has 0 fully saturated rings.